The van der Waals surface area contributed by atoms with E-state index in [0.717, 1.165) is 23.2 Å². The van der Waals surface area contributed by atoms with Crippen molar-refractivity contribution in [2.24, 2.45) is 0 Å². The van der Waals surface area contributed by atoms with E-state index < -0.39 is 0 Å². The highest BCUT2D eigenvalue weighted by Crippen LogP contribution is 2.27. The number of carbonyl (C=O) groups excluding carboxylic acids is 2. The number of carbonyl (C=O) groups is 2. The predicted molar refractivity (Wildman–Crippen MR) is 130 cm³/mol. The lowest BCUT2D eigenvalue weighted by Crippen LogP contribution is -2.49. The van der Waals surface area contributed by atoms with Crippen molar-refractivity contribution in [3.05, 3.63) is 93.5 Å². The molecule has 5 nitrogen and oxygen atoms in total. The standard InChI is InChI=1S/C25H23Cl2N3O2/c1-17-6-2-3-9-21(17)24(31)28-19-7-4-8-20(15-19)30-13-5-12-29(25(30)32)16-18-10-11-22(26)23(27)14-18/h2-4,6-11,14-15H,5,12-13,16H2,1H3,(H,28,31). The summed E-state index contributed by atoms with van der Waals surface area (Å²) in [6, 6.07) is 20.1. The Morgan fingerprint density at radius 3 is 2.56 bits per heavy atom. The Morgan fingerprint density at radius 1 is 0.969 bits per heavy atom. The minimum atomic E-state index is -0.175. The van der Waals surface area contributed by atoms with Gasteiger partial charge in [-0.05, 0) is 60.9 Å². The summed E-state index contributed by atoms with van der Waals surface area (Å²) in [5.41, 5.74) is 3.85. The van der Waals surface area contributed by atoms with Crippen LogP contribution < -0.4 is 10.2 Å². The number of benzene rings is 3. The molecule has 0 saturated carbocycles. The minimum Gasteiger partial charge on any atom is -0.322 e. The average molecular weight is 468 g/mol. The van der Waals surface area contributed by atoms with Crippen LogP contribution in [0.4, 0.5) is 16.2 Å². The molecule has 3 aromatic rings. The Morgan fingerprint density at radius 2 is 1.78 bits per heavy atom. The zero-order valence-corrected chi connectivity index (χ0v) is 19.2. The van der Waals surface area contributed by atoms with Gasteiger partial charge in [-0.2, -0.15) is 0 Å². The summed E-state index contributed by atoms with van der Waals surface area (Å²) in [6.07, 6.45) is 0.840. The van der Waals surface area contributed by atoms with E-state index in [1.165, 1.54) is 0 Å². The number of aryl methyl sites for hydroxylation is 1. The molecule has 4 rings (SSSR count). The van der Waals surface area contributed by atoms with Crippen molar-refractivity contribution in [1.82, 2.24) is 4.90 Å². The molecule has 1 N–H and O–H groups in total. The minimum absolute atomic E-state index is 0.0790. The quantitative estimate of drug-likeness (QED) is 0.472. The van der Waals surface area contributed by atoms with Crippen LogP contribution >= 0.6 is 23.2 Å². The maximum absolute atomic E-state index is 13.2. The van der Waals surface area contributed by atoms with Gasteiger partial charge in [0.2, 0.25) is 0 Å². The number of hydrogen-bond donors (Lipinski definition) is 1. The number of rotatable bonds is 5. The van der Waals surface area contributed by atoms with Crippen LogP contribution in [-0.4, -0.2) is 29.9 Å². The first-order chi connectivity index (χ1) is 15.4. The molecule has 1 aliphatic heterocycles. The molecule has 0 spiro atoms. The molecule has 0 aromatic heterocycles. The second kappa shape index (κ2) is 9.63. The summed E-state index contributed by atoms with van der Waals surface area (Å²) in [5.74, 6) is -0.175. The molecular formula is C25H23Cl2N3O2. The lowest BCUT2D eigenvalue weighted by Gasteiger charge is -2.36. The number of nitrogens with zero attached hydrogens (tertiary/aromatic N) is 2. The van der Waals surface area contributed by atoms with Crippen molar-refractivity contribution in [3.8, 4) is 0 Å². The molecule has 1 saturated heterocycles. The normalized spacial score (nSPS) is 13.9. The third-order valence-corrected chi connectivity index (χ3v) is 6.21. The van der Waals surface area contributed by atoms with E-state index in [-0.39, 0.29) is 11.9 Å². The number of halogens is 2. The second-order valence-electron chi connectivity index (χ2n) is 7.78. The Bertz CT molecular complexity index is 1170. The van der Waals surface area contributed by atoms with Crippen molar-refractivity contribution in [3.63, 3.8) is 0 Å². The van der Waals surface area contributed by atoms with Crippen molar-refractivity contribution < 1.29 is 9.59 Å². The molecular weight excluding hydrogens is 445 g/mol. The zero-order valence-electron chi connectivity index (χ0n) is 17.6. The Balaban J connectivity index is 1.49. The molecule has 0 unspecified atom stereocenters. The summed E-state index contributed by atoms with van der Waals surface area (Å²) in [7, 11) is 0. The smallest absolute Gasteiger partial charge is 0.322 e. The van der Waals surface area contributed by atoms with E-state index in [9.17, 15) is 9.59 Å². The average Bonchev–Trinajstić information content (AvgIpc) is 2.78. The number of hydrogen-bond acceptors (Lipinski definition) is 2. The molecule has 3 amide bonds. The number of amides is 3. The summed E-state index contributed by atoms with van der Waals surface area (Å²) < 4.78 is 0. The van der Waals surface area contributed by atoms with E-state index in [1.54, 1.807) is 28.0 Å². The van der Waals surface area contributed by atoms with Crippen molar-refractivity contribution >= 4 is 46.5 Å². The summed E-state index contributed by atoms with van der Waals surface area (Å²) in [5, 5.41) is 3.91. The largest absolute Gasteiger partial charge is 0.324 e. The lowest BCUT2D eigenvalue weighted by molar-refractivity contribution is 0.102. The summed E-state index contributed by atoms with van der Waals surface area (Å²) >= 11 is 12.1. The first-order valence-electron chi connectivity index (χ1n) is 10.4. The van der Waals surface area contributed by atoms with Gasteiger partial charge in [-0.25, -0.2) is 4.79 Å². The van der Waals surface area contributed by atoms with Gasteiger partial charge in [-0.3, -0.25) is 9.69 Å². The van der Waals surface area contributed by atoms with E-state index in [4.69, 9.17) is 23.2 Å². The van der Waals surface area contributed by atoms with Gasteiger partial charge in [0.25, 0.3) is 5.91 Å². The van der Waals surface area contributed by atoms with Crippen LogP contribution in [0.5, 0.6) is 0 Å². The Hall–Kier alpha value is -3.02. The molecule has 0 radical (unpaired) electrons. The fourth-order valence-electron chi connectivity index (χ4n) is 3.80. The topological polar surface area (TPSA) is 52.7 Å². The molecule has 7 heteroatoms. The third kappa shape index (κ3) is 4.90. The molecule has 3 aromatic carbocycles. The maximum Gasteiger partial charge on any atom is 0.324 e. The first kappa shape index (κ1) is 22.2. The van der Waals surface area contributed by atoms with Gasteiger partial charge in [0.05, 0.1) is 10.0 Å². The Labute approximate surface area is 197 Å². The molecule has 0 bridgehead atoms. The fourth-order valence-corrected chi connectivity index (χ4v) is 4.12. The maximum atomic E-state index is 13.2. The van der Waals surface area contributed by atoms with E-state index >= 15 is 0 Å². The number of anilines is 2. The van der Waals surface area contributed by atoms with Gasteiger partial charge >= 0.3 is 6.03 Å². The summed E-state index contributed by atoms with van der Waals surface area (Å²) in [6.45, 7) is 3.64. The highest BCUT2D eigenvalue weighted by atomic mass is 35.5. The van der Waals surface area contributed by atoms with E-state index in [2.05, 4.69) is 5.32 Å². The molecule has 1 fully saturated rings. The molecule has 32 heavy (non-hydrogen) atoms. The van der Waals surface area contributed by atoms with Gasteiger partial charge in [0.15, 0.2) is 0 Å². The van der Waals surface area contributed by atoms with Gasteiger partial charge < -0.3 is 10.2 Å². The highest BCUT2D eigenvalue weighted by molar-refractivity contribution is 6.42. The third-order valence-electron chi connectivity index (χ3n) is 5.47. The van der Waals surface area contributed by atoms with Gasteiger partial charge in [0, 0.05) is 36.6 Å². The Kier molecular flexibility index (Phi) is 6.68. The molecule has 164 valence electrons. The predicted octanol–water partition coefficient (Wildman–Crippen LogP) is 6.39. The van der Waals surface area contributed by atoms with Gasteiger partial charge in [-0.1, -0.05) is 53.5 Å². The molecule has 1 heterocycles. The van der Waals surface area contributed by atoms with Crippen molar-refractivity contribution in [2.75, 3.05) is 23.3 Å². The first-order valence-corrected chi connectivity index (χ1v) is 11.2. The second-order valence-corrected chi connectivity index (χ2v) is 8.59. The molecule has 1 aliphatic rings. The molecule has 0 atom stereocenters. The SMILES string of the molecule is Cc1ccccc1C(=O)Nc1cccc(N2CCCN(Cc3ccc(Cl)c(Cl)c3)C2=O)c1. The van der Waals surface area contributed by atoms with Crippen LogP contribution in [0.15, 0.2) is 66.7 Å². The van der Waals surface area contributed by atoms with Crippen molar-refractivity contribution in [1.29, 1.82) is 0 Å². The van der Waals surface area contributed by atoms with Crippen LogP contribution in [0.2, 0.25) is 10.0 Å². The number of urea groups is 1. The van der Waals surface area contributed by atoms with Crippen molar-refractivity contribution in [2.45, 2.75) is 19.9 Å². The zero-order chi connectivity index (χ0) is 22.7. The van der Waals surface area contributed by atoms with Gasteiger partial charge in [0.1, 0.15) is 0 Å². The van der Waals surface area contributed by atoms with Crippen LogP contribution in [0.3, 0.4) is 0 Å². The number of nitrogens with one attached hydrogen (secondary N) is 1. The van der Waals surface area contributed by atoms with Crippen LogP contribution in [0.25, 0.3) is 0 Å². The highest BCUT2D eigenvalue weighted by Gasteiger charge is 2.27. The van der Waals surface area contributed by atoms with E-state index in [0.29, 0.717) is 40.9 Å². The fraction of sp³-hybridized carbons (Fsp3) is 0.200. The summed E-state index contributed by atoms with van der Waals surface area (Å²) in [4.78, 5) is 29.4. The van der Waals surface area contributed by atoms with Gasteiger partial charge in [-0.15, -0.1) is 0 Å². The monoisotopic (exact) mass is 467 g/mol. The van der Waals surface area contributed by atoms with E-state index in [1.807, 2.05) is 55.5 Å². The van der Waals surface area contributed by atoms with Crippen LogP contribution in [-0.2, 0) is 6.54 Å². The van der Waals surface area contributed by atoms with Crippen LogP contribution in [0, 0.1) is 6.92 Å². The van der Waals surface area contributed by atoms with Crippen LogP contribution in [0.1, 0.15) is 27.9 Å². The molecule has 0 aliphatic carbocycles. The lowest BCUT2D eigenvalue weighted by atomic mass is 10.1.